The number of ether oxygens (including phenoxy) is 1. The molecule has 2 aromatic carbocycles. The summed E-state index contributed by atoms with van der Waals surface area (Å²) in [5.74, 6) is 0.845. The van der Waals surface area contributed by atoms with Crippen LogP contribution >= 0.6 is 0 Å². The van der Waals surface area contributed by atoms with Gasteiger partial charge in [0.1, 0.15) is 5.75 Å². The Morgan fingerprint density at radius 2 is 1.93 bits per heavy atom. The number of amides is 1. The van der Waals surface area contributed by atoms with Gasteiger partial charge in [0.25, 0.3) is 5.91 Å². The number of rotatable bonds is 7. The number of anilines is 1. The van der Waals surface area contributed by atoms with E-state index in [9.17, 15) is 4.79 Å². The summed E-state index contributed by atoms with van der Waals surface area (Å²) < 4.78 is 5.84. The van der Waals surface area contributed by atoms with Gasteiger partial charge >= 0.3 is 0 Å². The van der Waals surface area contributed by atoms with Crippen LogP contribution in [0.2, 0.25) is 0 Å². The van der Waals surface area contributed by atoms with Gasteiger partial charge in [-0.2, -0.15) is 0 Å². The molecule has 0 aromatic heterocycles. The molecule has 1 aliphatic carbocycles. The van der Waals surface area contributed by atoms with Crippen molar-refractivity contribution in [1.29, 1.82) is 0 Å². The van der Waals surface area contributed by atoms with Crippen LogP contribution in [-0.2, 0) is 24.1 Å². The number of nitrogens with one attached hydrogen (secondary N) is 1. The molecule has 0 fully saturated rings. The topological polar surface area (TPSA) is 41.6 Å². The second-order valence-electron chi connectivity index (χ2n) is 7.97. The van der Waals surface area contributed by atoms with Crippen LogP contribution in [0.25, 0.3) is 0 Å². The van der Waals surface area contributed by atoms with Gasteiger partial charge in [0.05, 0.1) is 0 Å². The second-order valence-corrected chi connectivity index (χ2v) is 7.97. The van der Waals surface area contributed by atoms with Gasteiger partial charge in [-0.1, -0.05) is 30.3 Å². The molecule has 1 aliphatic heterocycles. The lowest BCUT2D eigenvalue weighted by molar-refractivity contribution is -0.123. The number of fused-ring (bicyclic) bond motifs is 2. The number of hydrogen-bond donors (Lipinski definition) is 1. The zero-order chi connectivity index (χ0) is 19.3. The summed E-state index contributed by atoms with van der Waals surface area (Å²) in [6.07, 6.45) is 6.68. The van der Waals surface area contributed by atoms with Crippen LogP contribution in [-0.4, -0.2) is 31.6 Å². The fraction of sp³-hybridized carbons (Fsp3) is 0.458. The third-order valence-corrected chi connectivity index (χ3v) is 5.96. The quantitative estimate of drug-likeness (QED) is 0.743. The summed E-state index contributed by atoms with van der Waals surface area (Å²) in [6.45, 7) is 4.01. The number of para-hydroxylation sites is 1. The van der Waals surface area contributed by atoms with Gasteiger partial charge in [-0.05, 0) is 74.3 Å². The van der Waals surface area contributed by atoms with Crippen molar-refractivity contribution in [3.8, 4) is 5.75 Å². The first kappa shape index (κ1) is 18.9. The lowest BCUT2D eigenvalue weighted by atomic mass is 9.91. The minimum atomic E-state index is -0.0386. The van der Waals surface area contributed by atoms with Gasteiger partial charge < -0.3 is 15.0 Å². The van der Waals surface area contributed by atoms with Gasteiger partial charge in [0.15, 0.2) is 6.61 Å². The summed E-state index contributed by atoms with van der Waals surface area (Å²) >= 11 is 0. The Hall–Kier alpha value is -2.49. The maximum atomic E-state index is 12.2. The average molecular weight is 379 g/mol. The van der Waals surface area contributed by atoms with Crippen LogP contribution in [0.15, 0.2) is 42.5 Å². The fourth-order valence-electron chi connectivity index (χ4n) is 4.52. The molecule has 0 saturated carbocycles. The van der Waals surface area contributed by atoms with E-state index >= 15 is 0 Å². The Bertz CT molecular complexity index is 833. The van der Waals surface area contributed by atoms with E-state index in [-0.39, 0.29) is 12.5 Å². The highest BCUT2D eigenvalue weighted by atomic mass is 16.5. The number of hydrogen-bond acceptors (Lipinski definition) is 3. The molecule has 0 unspecified atom stereocenters. The van der Waals surface area contributed by atoms with E-state index in [1.807, 2.05) is 12.1 Å². The smallest absolute Gasteiger partial charge is 0.257 e. The lowest BCUT2D eigenvalue weighted by Crippen LogP contribution is -2.34. The van der Waals surface area contributed by atoms with E-state index < -0.39 is 0 Å². The Morgan fingerprint density at radius 1 is 1.11 bits per heavy atom. The Labute approximate surface area is 167 Å². The molecule has 28 heavy (non-hydrogen) atoms. The molecule has 1 atom stereocenters. The van der Waals surface area contributed by atoms with Crippen molar-refractivity contribution in [3.63, 3.8) is 0 Å². The molecule has 2 aromatic rings. The summed E-state index contributed by atoms with van der Waals surface area (Å²) in [5, 5.41) is 3.01. The van der Waals surface area contributed by atoms with Crippen LogP contribution < -0.4 is 15.0 Å². The summed E-state index contributed by atoms with van der Waals surface area (Å²) in [7, 11) is 0. The minimum absolute atomic E-state index is 0.0386. The van der Waals surface area contributed by atoms with Gasteiger partial charge in [-0.25, -0.2) is 0 Å². The normalized spacial score (nSPS) is 17.8. The largest absolute Gasteiger partial charge is 0.483 e. The van der Waals surface area contributed by atoms with Crippen molar-refractivity contribution in [2.45, 2.75) is 51.5 Å². The molecule has 2 aliphatic rings. The number of aryl methyl sites for hydroxylation is 1. The van der Waals surface area contributed by atoms with Gasteiger partial charge in [-0.15, -0.1) is 0 Å². The van der Waals surface area contributed by atoms with E-state index in [1.165, 1.54) is 35.2 Å². The van der Waals surface area contributed by atoms with Gasteiger partial charge in [0, 0.05) is 24.8 Å². The fourth-order valence-corrected chi connectivity index (χ4v) is 4.52. The molecule has 4 nitrogen and oxygen atoms in total. The highest BCUT2D eigenvalue weighted by Gasteiger charge is 2.24. The number of nitrogens with zero attached hydrogens (tertiary/aromatic N) is 1. The molecule has 1 amide bonds. The molecular weight excluding hydrogens is 348 g/mol. The van der Waals surface area contributed by atoms with Crippen molar-refractivity contribution in [2.75, 3.05) is 24.6 Å². The van der Waals surface area contributed by atoms with E-state index in [0.717, 1.165) is 38.0 Å². The van der Waals surface area contributed by atoms with Crippen LogP contribution in [0, 0.1) is 0 Å². The van der Waals surface area contributed by atoms with Crippen LogP contribution in [0.5, 0.6) is 5.75 Å². The van der Waals surface area contributed by atoms with E-state index in [1.54, 1.807) is 0 Å². The predicted octanol–water partition coefficient (Wildman–Crippen LogP) is 3.90. The van der Waals surface area contributed by atoms with Crippen molar-refractivity contribution >= 4 is 11.6 Å². The monoisotopic (exact) mass is 378 g/mol. The summed E-state index contributed by atoms with van der Waals surface area (Å²) in [6, 6.07) is 15.4. The molecule has 4 rings (SSSR count). The van der Waals surface area contributed by atoms with Crippen molar-refractivity contribution in [1.82, 2.24) is 5.32 Å². The molecule has 0 radical (unpaired) electrons. The lowest BCUT2D eigenvalue weighted by Gasteiger charge is -2.25. The summed E-state index contributed by atoms with van der Waals surface area (Å²) in [4.78, 5) is 14.6. The molecule has 0 spiro atoms. The standard InChI is InChI=1S/C24H30N2O2/c1-18-16-20-9-3-5-12-22(20)26(18)15-7-14-25-24(27)17-28-23-13-6-10-19-8-2-4-11-21(19)23/h3,5-6,9-10,12-13,18H,2,4,7-8,11,14-17H2,1H3,(H,25,27)/t18-/m0/s1. The van der Waals surface area contributed by atoms with Crippen molar-refractivity contribution < 1.29 is 9.53 Å². The van der Waals surface area contributed by atoms with Crippen LogP contribution in [0.1, 0.15) is 42.9 Å². The Kier molecular flexibility index (Phi) is 5.84. The van der Waals surface area contributed by atoms with Gasteiger partial charge in [0.2, 0.25) is 0 Å². The second kappa shape index (κ2) is 8.68. The predicted molar refractivity (Wildman–Crippen MR) is 113 cm³/mol. The number of benzene rings is 2. The van der Waals surface area contributed by atoms with E-state index in [0.29, 0.717) is 12.6 Å². The van der Waals surface area contributed by atoms with Gasteiger partial charge in [-0.3, -0.25) is 4.79 Å². The molecule has 148 valence electrons. The first-order chi connectivity index (χ1) is 13.7. The minimum Gasteiger partial charge on any atom is -0.483 e. The van der Waals surface area contributed by atoms with Crippen molar-refractivity contribution in [3.05, 3.63) is 59.2 Å². The summed E-state index contributed by atoms with van der Waals surface area (Å²) in [5.41, 5.74) is 5.45. The molecule has 0 bridgehead atoms. The van der Waals surface area contributed by atoms with Crippen molar-refractivity contribution in [2.24, 2.45) is 0 Å². The van der Waals surface area contributed by atoms with E-state index in [2.05, 4.69) is 47.5 Å². The maximum Gasteiger partial charge on any atom is 0.257 e. The van der Waals surface area contributed by atoms with Crippen LogP contribution in [0.4, 0.5) is 5.69 Å². The highest BCUT2D eigenvalue weighted by Crippen LogP contribution is 2.31. The molecular formula is C24H30N2O2. The van der Waals surface area contributed by atoms with Crippen LogP contribution in [0.3, 0.4) is 0 Å². The average Bonchev–Trinajstić information content (AvgIpc) is 3.04. The van der Waals surface area contributed by atoms with E-state index in [4.69, 9.17) is 4.74 Å². The highest BCUT2D eigenvalue weighted by molar-refractivity contribution is 5.77. The SMILES string of the molecule is C[C@H]1Cc2ccccc2N1CCCNC(=O)COc1cccc2c1CCCC2. The third kappa shape index (κ3) is 4.16. The molecule has 1 N–H and O–H groups in total. The molecule has 1 heterocycles. The molecule has 0 saturated heterocycles. The number of carbonyl (C=O) groups excluding carboxylic acids is 1. The Balaban J connectivity index is 1.21. The first-order valence-corrected chi connectivity index (χ1v) is 10.6. The maximum absolute atomic E-state index is 12.2. The zero-order valence-corrected chi connectivity index (χ0v) is 16.7. The third-order valence-electron chi connectivity index (χ3n) is 5.96. The first-order valence-electron chi connectivity index (χ1n) is 10.6. The molecule has 4 heteroatoms. The Morgan fingerprint density at radius 3 is 2.86 bits per heavy atom. The number of carbonyl (C=O) groups is 1. The zero-order valence-electron chi connectivity index (χ0n) is 16.7.